The first kappa shape index (κ1) is 11.2. The van der Waals surface area contributed by atoms with Gasteiger partial charge in [-0.3, -0.25) is 4.79 Å². The minimum Gasteiger partial charge on any atom is -0.329 e. The van der Waals surface area contributed by atoms with Crippen LogP contribution in [0.3, 0.4) is 0 Å². The molecule has 16 heavy (non-hydrogen) atoms. The van der Waals surface area contributed by atoms with Crippen LogP contribution >= 0.6 is 0 Å². The van der Waals surface area contributed by atoms with Crippen molar-refractivity contribution in [2.45, 2.75) is 19.3 Å². The van der Waals surface area contributed by atoms with Gasteiger partial charge in [-0.1, -0.05) is 6.07 Å². The van der Waals surface area contributed by atoms with E-state index < -0.39 is 11.6 Å². The Hall–Kier alpha value is -1.29. The summed E-state index contributed by atoms with van der Waals surface area (Å²) in [6, 6.07) is 3.54. The molecule has 0 heterocycles. The third kappa shape index (κ3) is 1.97. The molecule has 1 aromatic rings. The molecule has 1 aliphatic carbocycles. The lowest BCUT2D eigenvalue weighted by molar-refractivity contribution is -0.123. The number of halogens is 2. The first-order chi connectivity index (χ1) is 7.57. The van der Waals surface area contributed by atoms with Crippen molar-refractivity contribution in [2.24, 2.45) is 11.1 Å². The Morgan fingerprint density at radius 1 is 1.31 bits per heavy atom. The van der Waals surface area contributed by atoms with E-state index in [4.69, 9.17) is 5.73 Å². The normalized spacial score (nSPS) is 17.2. The molecule has 2 nitrogen and oxygen atoms in total. The average molecular weight is 225 g/mol. The van der Waals surface area contributed by atoms with Crippen LogP contribution in [0.25, 0.3) is 0 Å². The van der Waals surface area contributed by atoms with E-state index in [0.29, 0.717) is 12.1 Å². The molecule has 0 amide bonds. The molecule has 0 bridgehead atoms. The molecule has 1 saturated carbocycles. The molecule has 86 valence electrons. The first-order valence-electron chi connectivity index (χ1n) is 5.25. The number of carbonyl (C=O) groups is 1. The number of hydrogen-bond acceptors (Lipinski definition) is 2. The van der Waals surface area contributed by atoms with Crippen molar-refractivity contribution in [1.82, 2.24) is 0 Å². The fraction of sp³-hybridized carbons (Fsp3) is 0.417. The molecule has 1 aliphatic rings. The van der Waals surface area contributed by atoms with Crippen LogP contribution in [-0.2, 0) is 11.2 Å². The maximum absolute atomic E-state index is 12.9. The van der Waals surface area contributed by atoms with Crippen molar-refractivity contribution in [3.8, 4) is 0 Å². The Bertz CT molecular complexity index is 427. The Morgan fingerprint density at radius 3 is 2.50 bits per heavy atom. The van der Waals surface area contributed by atoms with E-state index in [9.17, 15) is 13.6 Å². The van der Waals surface area contributed by atoms with Gasteiger partial charge < -0.3 is 5.73 Å². The van der Waals surface area contributed by atoms with Gasteiger partial charge in [-0.25, -0.2) is 8.78 Å². The van der Waals surface area contributed by atoms with Crippen LogP contribution in [0.15, 0.2) is 18.2 Å². The second-order valence-electron chi connectivity index (χ2n) is 4.33. The van der Waals surface area contributed by atoms with Gasteiger partial charge in [0.2, 0.25) is 0 Å². The maximum atomic E-state index is 12.9. The summed E-state index contributed by atoms with van der Waals surface area (Å²) in [5.41, 5.74) is 5.64. The lowest BCUT2D eigenvalue weighted by atomic mass is 9.95. The van der Waals surface area contributed by atoms with E-state index in [-0.39, 0.29) is 17.6 Å². The Kier molecular flexibility index (Phi) is 2.76. The summed E-state index contributed by atoms with van der Waals surface area (Å²) < 4.78 is 25.6. The van der Waals surface area contributed by atoms with Crippen LogP contribution < -0.4 is 5.73 Å². The molecule has 0 atom stereocenters. The highest BCUT2D eigenvalue weighted by atomic mass is 19.2. The maximum Gasteiger partial charge on any atom is 0.159 e. The summed E-state index contributed by atoms with van der Waals surface area (Å²) in [6.07, 6.45) is 1.76. The number of Topliss-reactive ketones (excluding diaryl/α,β-unsaturated/α-hetero) is 1. The van der Waals surface area contributed by atoms with Gasteiger partial charge in [0.05, 0.1) is 0 Å². The fourth-order valence-corrected chi connectivity index (χ4v) is 1.77. The molecule has 2 N–H and O–H groups in total. The summed E-state index contributed by atoms with van der Waals surface area (Å²) >= 11 is 0. The van der Waals surface area contributed by atoms with E-state index >= 15 is 0 Å². The van der Waals surface area contributed by atoms with Crippen molar-refractivity contribution in [3.05, 3.63) is 35.4 Å². The third-order valence-electron chi connectivity index (χ3n) is 3.18. The molecule has 0 saturated heterocycles. The third-order valence-corrected chi connectivity index (χ3v) is 3.18. The van der Waals surface area contributed by atoms with Gasteiger partial charge in [-0.05, 0) is 30.5 Å². The Labute approximate surface area is 92.4 Å². The second-order valence-corrected chi connectivity index (χ2v) is 4.33. The van der Waals surface area contributed by atoms with E-state index in [1.54, 1.807) is 0 Å². The molecule has 1 aromatic carbocycles. The highest BCUT2D eigenvalue weighted by molar-refractivity contribution is 5.89. The summed E-state index contributed by atoms with van der Waals surface area (Å²) in [4.78, 5) is 11.8. The van der Waals surface area contributed by atoms with Gasteiger partial charge in [0.25, 0.3) is 0 Å². The van der Waals surface area contributed by atoms with Crippen LogP contribution in [0.1, 0.15) is 18.4 Å². The summed E-state index contributed by atoms with van der Waals surface area (Å²) in [5.74, 6) is -1.78. The zero-order chi connectivity index (χ0) is 11.8. The number of benzene rings is 1. The van der Waals surface area contributed by atoms with Gasteiger partial charge in [0, 0.05) is 18.4 Å². The van der Waals surface area contributed by atoms with Crippen molar-refractivity contribution in [2.75, 3.05) is 6.54 Å². The largest absolute Gasteiger partial charge is 0.329 e. The predicted molar refractivity (Wildman–Crippen MR) is 55.8 cm³/mol. The number of hydrogen-bond donors (Lipinski definition) is 1. The SMILES string of the molecule is NCC1(C(=O)Cc2ccc(F)c(F)c2)CC1. The lowest BCUT2D eigenvalue weighted by Crippen LogP contribution is -2.26. The molecule has 0 radical (unpaired) electrons. The van der Waals surface area contributed by atoms with Crippen molar-refractivity contribution >= 4 is 5.78 Å². The highest BCUT2D eigenvalue weighted by Gasteiger charge is 2.47. The average Bonchev–Trinajstić information content (AvgIpc) is 3.04. The van der Waals surface area contributed by atoms with Crippen LogP contribution in [-0.4, -0.2) is 12.3 Å². The fourth-order valence-electron chi connectivity index (χ4n) is 1.77. The molecular weight excluding hydrogens is 212 g/mol. The number of nitrogens with two attached hydrogens (primary N) is 1. The molecule has 0 spiro atoms. The van der Waals surface area contributed by atoms with Crippen LogP contribution in [0.4, 0.5) is 8.78 Å². The van der Waals surface area contributed by atoms with Crippen LogP contribution in [0.5, 0.6) is 0 Å². The quantitative estimate of drug-likeness (QED) is 0.849. The summed E-state index contributed by atoms with van der Waals surface area (Å²) in [7, 11) is 0. The number of ketones is 1. The van der Waals surface area contributed by atoms with E-state index in [1.165, 1.54) is 6.07 Å². The molecule has 0 unspecified atom stereocenters. The van der Waals surface area contributed by atoms with Gasteiger partial charge in [-0.2, -0.15) is 0 Å². The lowest BCUT2D eigenvalue weighted by Gasteiger charge is -2.10. The minimum atomic E-state index is -0.914. The number of carbonyl (C=O) groups excluding carboxylic acids is 1. The monoisotopic (exact) mass is 225 g/mol. The van der Waals surface area contributed by atoms with E-state index in [1.807, 2.05) is 0 Å². The van der Waals surface area contributed by atoms with Crippen molar-refractivity contribution in [1.29, 1.82) is 0 Å². The predicted octanol–water partition coefficient (Wildman–Crippen LogP) is 1.82. The summed E-state index contributed by atoms with van der Waals surface area (Å²) in [6.45, 7) is 0.343. The van der Waals surface area contributed by atoms with Crippen molar-refractivity contribution < 1.29 is 13.6 Å². The topological polar surface area (TPSA) is 43.1 Å². The molecular formula is C12H13F2NO. The molecule has 1 fully saturated rings. The standard InChI is InChI=1S/C12H13F2NO/c13-9-2-1-8(5-10(9)14)6-11(16)12(7-15)3-4-12/h1-2,5H,3-4,6-7,15H2. The van der Waals surface area contributed by atoms with Crippen LogP contribution in [0, 0.1) is 17.0 Å². The Balaban J connectivity index is 2.09. The smallest absolute Gasteiger partial charge is 0.159 e. The molecule has 4 heteroatoms. The molecule has 0 aromatic heterocycles. The van der Waals surface area contributed by atoms with Gasteiger partial charge in [0.1, 0.15) is 5.78 Å². The zero-order valence-corrected chi connectivity index (χ0v) is 8.80. The zero-order valence-electron chi connectivity index (χ0n) is 8.80. The highest BCUT2D eigenvalue weighted by Crippen LogP contribution is 2.46. The van der Waals surface area contributed by atoms with Gasteiger partial charge >= 0.3 is 0 Å². The molecule has 0 aliphatic heterocycles. The molecule has 2 rings (SSSR count). The number of rotatable bonds is 4. The second kappa shape index (κ2) is 3.94. The minimum absolute atomic E-state index is 0.0287. The van der Waals surface area contributed by atoms with Gasteiger partial charge in [-0.15, -0.1) is 0 Å². The van der Waals surface area contributed by atoms with Gasteiger partial charge in [0.15, 0.2) is 11.6 Å². The Morgan fingerprint density at radius 2 is 2.00 bits per heavy atom. The van der Waals surface area contributed by atoms with E-state index in [2.05, 4.69) is 0 Å². The first-order valence-corrected chi connectivity index (χ1v) is 5.25. The van der Waals surface area contributed by atoms with Crippen molar-refractivity contribution in [3.63, 3.8) is 0 Å². The summed E-state index contributed by atoms with van der Waals surface area (Å²) in [5, 5.41) is 0. The van der Waals surface area contributed by atoms with E-state index in [0.717, 1.165) is 25.0 Å². The van der Waals surface area contributed by atoms with Crippen LogP contribution in [0.2, 0.25) is 0 Å².